The molecule has 0 N–H and O–H groups in total. The van der Waals surface area contributed by atoms with Gasteiger partial charge in [-0.3, -0.25) is 9.69 Å². The maximum absolute atomic E-state index is 12.6. The fourth-order valence-corrected chi connectivity index (χ4v) is 3.68. The molecule has 0 radical (unpaired) electrons. The summed E-state index contributed by atoms with van der Waals surface area (Å²) in [4.78, 5) is 19.2. The lowest BCUT2D eigenvalue weighted by atomic mass is 10.1. The highest BCUT2D eigenvalue weighted by Gasteiger charge is 2.26. The summed E-state index contributed by atoms with van der Waals surface area (Å²) in [6.45, 7) is 5.71. The first-order chi connectivity index (χ1) is 13.3. The van der Waals surface area contributed by atoms with Crippen LogP contribution in [0.1, 0.15) is 10.4 Å². The average Bonchev–Trinajstić information content (AvgIpc) is 2.74. The van der Waals surface area contributed by atoms with E-state index in [1.165, 1.54) is 0 Å². The highest BCUT2D eigenvalue weighted by atomic mass is 35.5. The SMILES string of the molecule is COc1ccccc1N1CCN(CCN2COc3ccccc3C2=O)CC1.Cl.Cl. The number of methoxy groups -OCH3 is 1. The Morgan fingerprint density at radius 1 is 0.931 bits per heavy atom. The van der Waals surface area contributed by atoms with Crippen LogP contribution >= 0.6 is 24.8 Å². The first kappa shape index (κ1) is 23.1. The summed E-state index contributed by atoms with van der Waals surface area (Å²) in [5.74, 6) is 1.66. The molecule has 2 heterocycles. The number of rotatable bonds is 5. The molecule has 2 aliphatic heterocycles. The molecule has 1 amide bonds. The predicted octanol–water partition coefficient (Wildman–Crippen LogP) is 3.15. The van der Waals surface area contributed by atoms with Gasteiger partial charge in [0.15, 0.2) is 6.73 Å². The molecule has 0 bridgehead atoms. The number of halogens is 2. The minimum atomic E-state index is 0. The Balaban J connectivity index is 0.00000150. The second kappa shape index (κ2) is 10.6. The Labute approximate surface area is 184 Å². The van der Waals surface area contributed by atoms with Gasteiger partial charge in [0.05, 0.1) is 18.4 Å². The first-order valence-electron chi connectivity index (χ1n) is 9.37. The molecule has 1 saturated heterocycles. The molecule has 29 heavy (non-hydrogen) atoms. The van der Waals surface area contributed by atoms with Gasteiger partial charge in [0.1, 0.15) is 11.5 Å². The molecule has 2 aromatic carbocycles. The molecule has 0 aromatic heterocycles. The van der Waals surface area contributed by atoms with Crippen LogP contribution in [0, 0.1) is 0 Å². The van der Waals surface area contributed by atoms with Gasteiger partial charge in [0.2, 0.25) is 0 Å². The maximum Gasteiger partial charge on any atom is 0.260 e. The third-order valence-electron chi connectivity index (χ3n) is 5.26. The van der Waals surface area contributed by atoms with Crippen LogP contribution in [0.5, 0.6) is 11.5 Å². The zero-order chi connectivity index (χ0) is 18.6. The fourth-order valence-electron chi connectivity index (χ4n) is 3.68. The molecule has 8 heteroatoms. The van der Waals surface area contributed by atoms with E-state index in [0.29, 0.717) is 24.6 Å². The Morgan fingerprint density at radius 3 is 2.38 bits per heavy atom. The highest BCUT2D eigenvalue weighted by Crippen LogP contribution is 2.28. The summed E-state index contributed by atoms with van der Waals surface area (Å²) in [6, 6.07) is 15.6. The van der Waals surface area contributed by atoms with Crippen molar-refractivity contribution in [3.63, 3.8) is 0 Å². The van der Waals surface area contributed by atoms with Gasteiger partial charge >= 0.3 is 0 Å². The standard InChI is InChI=1S/C21H25N3O3.2ClH/c1-26-20-9-5-3-7-18(20)23-13-10-22(11-14-23)12-15-24-16-27-19-8-4-2-6-17(19)21(24)25;;/h2-9H,10-16H2,1H3;2*1H. The van der Waals surface area contributed by atoms with Crippen LogP contribution in [0.4, 0.5) is 5.69 Å². The zero-order valence-corrected chi connectivity index (χ0v) is 18.1. The van der Waals surface area contributed by atoms with Crippen LogP contribution in [0.25, 0.3) is 0 Å². The second-order valence-corrected chi connectivity index (χ2v) is 6.84. The summed E-state index contributed by atoms with van der Waals surface area (Å²) in [6.07, 6.45) is 0. The van der Waals surface area contributed by atoms with E-state index in [9.17, 15) is 4.79 Å². The summed E-state index contributed by atoms with van der Waals surface area (Å²) in [5.41, 5.74) is 1.81. The highest BCUT2D eigenvalue weighted by molar-refractivity contribution is 5.97. The van der Waals surface area contributed by atoms with Crippen molar-refractivity contribution in [2.24, 2.45) is 0 Å². The summed E-state index contributed by atoms with van der Waals surface area (Å²) in [5, 5.41) is 0. The van der Waals surface area contributed by atoms with E-state index < -0.39 is 0 Å². The monoisotopic (exact) mass is 439 g/mol. The van der Waals surface area contributed by atoms with E-state index in [1.807, 2.05) is 42.5 Å². The molecule has 0 unspecified atom stereocenters. The summed E-state index contributed by atoms with van der Waals surface area (Å²) in [7, 11) is 1.71. The van der Waals surface area contributed by atoms with E-state index in [-0.39, 0.29) is 30.7 Å². The van der Waals surface area contributed by atoms with Crippen LogP contribution < -0.4 is 14.4 Å². The van der Waals surface area contributed by atoms with Gasteiger partial charge < -0.3 is 19.3 Å². The average molecular weight is 440 g/mol. The minimum absolute atomic E-state index is 0. The van der Waals surface area contributed by atoms with Gasteiger partial charge in [-0.15, -0.1) is 24.8 Å². The summed E-state index contributed by atoms with van der Waals surface area (Å²) < 4.78 is 11.2. The molecule has 0 spiro atoms. The van der Waals surface area contributed by atoms with Gasteiger partial charge in [-0.05, 0) is 24.3 Å². The number of carbonyl (C=O) groups is 1. The van der Waals surface area contributed by atoms with Crippen LogP contribution in [0.15, 0.2) is 48.5 Å². The lowest BCUT2D eigenvalue weighted by molar-refractivity contribution is 0.0488. The van der Waals surface area contributed by atoms with Crippen LogP contribution in [-0.2, 0) is 0 Å². The minimum Gasteiger partial charge on any atom is -0.495 e. The lowest BCUT2D eigenvalue weighted by Crippen LogP contribution is -2.50. The van der Waals surface area contributed by atoms with Crippen LogP contribution in [0.3, 0.4) is 0 Å². The quantitative estimate of drug-likeness (QED) is 0.715. The van der Waals surface area contributed by atoms with Crippen molar-refractivity contribution in [3.05, 3.63) is 54.1 Å². The molecule has 2 aliphatic rings. The Kier molecular flexibility index (Phi) is 8.44. The molecule has 158 valence electrons. The van der Waals surface area contributed by atoms with Crippen molar-refractivity contribution in [1.29, 1.82) is 0 Å². The number of anilines is 1. The van der Waals surface area contributed by atoms with Crippen molar-refractivity contribution in [2.75, 3.05) is 58.0 Å². The van der Waals surface area contributed by atoms with Gasteiger partial charge in [-0.1, -0.05) is 24.3 Å². The number of carbonyl (C=O) groups excluding carboxylic acids is 1. The van der Waals surface area contributed by atoms with Crippen molar-refractivity contribution in [2.45, 2.75) is 0 Å². The molecule has 0 saturated carbocycles. The molecule has 6 nitrogen and oxygen atoms in total. The Morgan fingerprint density at radius 2 is 1.62 bits per heavy atom. The number of piperazine rings is 1. The number of nitrogens with zero attached hydrogens (tertiary/aromatic N) is 3. The number of hydrogen-bond donors (Lipinski definition) is 0. The fraction of sp³-hybridized carbons (Fsp3) is 0.381. The number of para-hydroxylation sites is 3. The Hall–Kier alpha value is -2.15. The van der Waals surface area contributed by atoms with E-state index in [1.54, 1.807) is 12.0 Å². The van der Waals surface area contributed by atoms with E-state index in [4.69, 9.17) is 9.47 Å². The van der Waals surface area contributed by atoms with Gasteiger partial charge in [-0.2, -0.15) is 0 Å². The lowest BCUT2D eigenvalue weighted by Gasteiger charge is -2.37. The smallest absolute Gasteiger partial charge is 0.260 e. The maximum atomic E-state index is 12.6. The second-order valence-electron chi connectivity index (χ2n) is 6.84. The number of fused-ring (bicyclic) bond motifs is 1. The third-order valence-corrected chi connectivity index (χ3v) is 5.26. The van der Waals surface area contributed by atoms with Crippen molar-refractivity contribution >= 4 is 36.4 Å². The molecule has 1 fully saturated rings. The Bertz CT molecular complexity index is 813. The van der Waals surface area contributed by atoms with Gasteiger partial charge in [0, 0.05) is 39.3 Å². The summed E-state index contributed by atoms with van der Waals surface area (Å²) >= 11 is 0. The largest absolute Gasteiger partial charge is 0.495 e. The number of ether oxygens (including phenoxy) is 2. The molecule has 0 atom stereocenters. The van der Waals surface area contributed by atoms with E-state index >= 15 is 0 Å². The number of benzene rings is 2. The first-order valence-corrected chi connectivity index (χ1v) is 9.37. The molecular formula is C21H27Cl2N3O3. The van der Waals surface area contributed by atoms with Crippen molar-refractivity contribution < 1.29 is 14.3 Å². The molecule has 0 aliphatic carbocycles. The van der Waals surface area contributed by atoms with E-state index in [0.717, 1.165) is 44.2 Å². The van der Waals surface area contributed by atoms with Crippen molar-refractivity contribution in [3.8, 4) is 11.5 Å². The normalized spacial score (nSPS) is 16.2. The van der Waals surface area contributed by atoms with Crippen molar-refractivity contribution in [1.82, 2.24) is 9.80 Å². The van der Waals surface area contributed by atoms with Crippen LogP contribution in [-0.4, -0.2) is 68.8 Å². The van der Waals surface area contributed by atoms with Crippen LogP contribution in [0.2, 0.25) is 0 Å². The zero-order valence-electron chi connectivity index (χ0n) is 16.5. The topological polar surface area (TPSA) is 45.2 Å². The molecule has 2 aromatic rings. The van der Waals surface area contributed by atoms with Gasteiger partial charge in [0.25, 0.3) is 5.91 Å². The predicted molar refractivity (Wildman–Crippen MR) is 119 cm³/mol. The number of hydrogen-bond acceptors (Lipinski definition) is 5. The van der Waals surface area contributed by atoms with Gasteiger partial charge in [-0.25, -0.2) is 0 Å². The molecular weight excluding hydrogens is 413 g/mol. The van der Waals surface area contributed by atoms with E-state index in [2.05, 4.69) is 15.9 Å². The third kappa shape index (κ3) is 5.07. The number of amides is 1. The molecule has 4 rings (SSSR count).